The van der Waals surface area contributed by atoms with Crippen LogP contribution in [0.15, 0.2) is 0 Å². The summed E-state index contributed by atoms with van der Waals surface area (Å²) in [5.41, 5.74) is 0. The topological polar surface area (TPSA) is 26.3 Å². The second-order valence-corrected chi connectivity index (χ2v) is 2.67. The first-order valence-electron chi connectivity index (χ1n) is 3.00. The zero-order valence-corrected chi connectivity index (χ0v) is 7.07. The van der Waals surface area contributed by atoms with Crippen LogP contribution in [0.3, 0.4) is 0 Å². The molecule has 0 bridgehead atoms. The van der Waals surface area contributed by atoms with E-state index in [2.05, 4.69) is 0 Å². The van der Waals surface area contributed by atoms with Gasteiger partial charge in [-0.15, -0.1) is 23.2 Å². The third kappa shape index (κ3) is 5.03. The molecule has 1 aliphatic heterocycles. The summed E-state index contributed by atoms with van der Waals surface area (Å²) >= 11 is 9.53. The van der Waals surface area contributed by atoms with Gasteiger partial charge in [-0.3, -0.25) is 0 Å². The van der Waals surface area contributed by atoms with E-state index >= 15 is 0 Å². The summed E-state index contributed by atoms with van der Waals surface area (Å²) in [5, 5.41) is 0.194. The third-order valence-corrected chi connectivity index (χ3v) is 1.16. The fraction of sp³-hybridized carbons (Fsp3) is 0.833. The predicted molar refractivity (Wildman–Crippen MR) is 41.6 cm³/mol. The van der Waals surface area contributed by atoms with Crippen molar-refractivity contribution in [3.63, 3.8) is 0 Å². The Morgan fingerprint density at radius 3 is 2.40 bits per heavy atom. The molecule has 0 radical (unpaired) electrons. The summed E-state index contributed by atoms with van der Waals surface area (Å²) in [5.74, 6) is 0.194. The molecule has 60 valence electrons. The molecule has 4 heteroatoms. The molecule has 1 saturated heterocycles. The van der Waals surface area contributed by atoms with Gasteiger partial charge in [0.1, 0.15) is 6.29 Å². The van der Waals surface area contributed by atoms with Gasteiger partial charge >= 0.3 is 0 Å². The number of alkyl halides is 2. The standard InChI is InChI=1S/C5H8O2.CH2Cl2/c6-3-5-1-2-7-4-5;2-1-3/h3,5H,1-2,4H2;1H2. The molecule has 0 amide bonds. The van der Waals surface area contributed by atoms with E-state index in [0.29, 0.717) is 6.61 Å². The van der Waals surface area contributed by atoms with E-state index in [1.807, 2.05) is 0 Å². The first-order valence-corrected chi connectivity index (χ1v) is 4.07. The van der Waals surface area contributed by atoms with Crippen molar-refractivity contribution in [2.75, 3.05) is 18.6 Å². The van der Waals surface area contributed by atoms with Gasteiger partial charge in [0, 0.05) is 12.5 Å². The lowest BCUT2D eigenvalue weighted by molar-refractivity contribution is -0.111. The van der Waals surface area contributed by atoms with Crippen LogP contribution in [0.25, 0.3) is 0 Å². The largest absolute Gasteiger partial charge is 0.381 e. The zero-order chi connectivity index (χ0) is 7.82. The number of carbonyl (C=O) groups is 1. The number of rotatable bonds is 1. The zero-order valence-electron chi connectivity index (χ0n) is 5.56. The summed E-state index contributed by atoms with van der Waals surface area (Å²) < 4.78 is 4.92. The van der Waals surface area contributed by atoms with Crippen LogP contribution in [0, 0.1) is 5.92 Å². The van der Waals surface area contributed by atoms with Crippen molar-refractivity contribution in [2.45, 2.75) is 6.42 Å². The molecule has 0 aromatic carbocycles. The minimum absolute atomic E-state index is 0.194. The van der Waals surface area contributed by atoms with Gasteiger partial charge < -0.3 is 9.53 Å². The average Bonchev–Trinajstić information content (AvgIpc) is 2.39. The molecule has 0 spiro atoms. The highest BCUT2D eigenvalue weighted by atomic mass is 35.5. The number of aldehydes is 1. The Morgan fingerprint density at radius 2 is 2.20 bits per heavy atom. The molecule has 0 saturated carbocycles. The molecule has 2 nitrogen and oxygen atoms in total. The third-order valence-electron chi connectivity index (χ3n) is 1.16. The van der Waals surface area contributed by atoms with E-state index < -0.39 is 0 Å². The molecule has 0 aromatic heterocycles. The maximum atomic E-state index is 9.93. The molecule has 1 heterocycles. The smallest absolute Gasteiger partial charge is 0.125 e. The first kappa shape index (κ1) is 10.2. The van der Waals surface area contributed by atoms with Crippen LogP contribution in [-0.4, -0.2) is 24.8 Å². The van der Waals surface area contributed by atoms with Gasteiger partial charge in [-0.1, -0.05) is 0 Å². The lowest BCUT2D eigenvalue weighted by atomic mass is 10.2. The number of ether oxygens (including phenoxy) is 1. The quantitative estimate of drug-likeness (QED) is 0.458. The van der Waals surface area contributed by atoms with Crippen molar-refractivity contribution in [1.82, 2.24) is 0 Å². The van der Waals surface area contributed by atoms with Crippen molar-refractivity contribution in [3.8, 4) is 0 Å². The van der Waals surface area contributed by atoms with Gasteiger partial charge in [-0.2, -0.15) is 0 Å². The Bertz CT molecular complexity index is 81.8. The van der Waals surface area contributed by atoms with Crippen molar-refractivity contribution in [2.24, 2.45) is 5.92 Å². The SMILES string of the molecule is ClCCl.O=CC1CCOC1. The Kier molecular flexibility index (Phi) is 7.47. The van der Waals surface area contributed by atoms with Gasteiger partial charge in [0.2, 0.25) is 0 Å². The maximum absolute atomic E-state index is 9.93. The van der Waals surface area contributed by atoms with E-state index in [1.54, 1.807) is 0 Å². The van der Waals surface area contributed by atoms with Crippen molar-refractivity contribution in [1.29, 1.82) is 0 Å². The van der Waals surface area contributed by atoms with E-state index in [4.69, 9.17) is 27.9 Å². The van der Waals surface area contributed by atoms with Gasteiger partial charge in [0.05, 0.1) is 11.9 Å². The molecule has 1 unspecified atom stereocenters. The summed E-state index contributed by atoms with van der Waals surface area (Å²) in [6.07, 6.45) is 1.89. The molecule has 1 rings (SSSR count). The number of halogens is 2. The maximum Gasteiger partial charge on any atom is 0.125 e. The number of carbonyl (C=O) groups excluding carboxylic acids is 1. The molecular formula is C6H10Cl2O2. The summed E-state index contributed by atoms with van der Waals surface area (Å²) in [6.45, 7) is 1.41. The molecular weight excluding hydrogens is 175 g/mol. The molecule has 1 fully saturated rings. The minimum atomic E-state index is 0.194. The van der Waals surface area contributed by atoms with E-state index in [1.165, 1.54) is 0 Å². The molecule has 1 aliphatic rings. The second kappa shape index (κ2) is 7.32. The summed E-state index contributed by atoms with van der Waals surface area (Å²) in [4.78, 5) is 9.93. The van der Waals surface area contributed by atoms with E-state index in [-0.39, 0.29) is 11.3 Å². The van der Waals surface area contributed by atoms with Crippen LogP contribution in [0.1, 0.15) is 6.42 Å². The van der Waals surface area contributed by atoms with Crippen LogP contribution in [0.4, 0.5) is 0 Å². The van der Waals surface area contributed by atoms with Crippen LogP contribution in [0.2, 0.25) is 0 Å². The van der Waals surface area contributed by atoms with Crippen LogP contribution >= 0.6 is 23.2 Å². The fourth-order valence-electron chi connectivity index (χ4n) is 0.660. The Morgan fingerprint density at radius 1 is 1.60 bits per heavy atom. The molecule has 0 aromatic rings. The second-order valence-electron chi connectivity index (χ2n) is 1.86. The van der Waals surface area contributed by atoms with Gasteiger partial charge in [0.25, 0.3) is 0 Å². The van der Waals surface area contributed by atoms with Crippen LogP contribution < -0.4 is 0 Å². The highest BCUT2D eigenvalue weighted by Crippen LogP contribution is 2.07. The summed E-state index contributed by atoms with van der Waals surface area (Å²) in [7, 11) is 0. The fourth-order valence-corrected chi connectivity index (χ4v) is 0.660. The van der Waals surface area contributed by atoms with Gasteiger partial charge in [-0.05, 0) is 6.42 Å². The Hall–Kier alpha value is 0.210. The first-order chi connectivity index (χ1) is 4.85. The van der Waals surface area contributed by atoms with Gasteiger partial charge in [-0.25, -0.2) is 0 Å². The number of hydrogen-bond donors (Lipinski definition) is 0. The lowest BCUT2D eigenvalue weighted by Crippen LogP contribution is -1.98. The molecule has 0 aliphatic carbocycles. The monoisotopic (exact) mass is 184 g/mol. The highest BCUT2D eigenvalue weighted by Gasteiger charge is 2.12. The van der Waals surface area contributed by atoms with E-state index in [0.717, 1.165) is 19.3 Å². The summed E-state index contributed by atoms with van der Waals surface area (Å²) in [6, 6.07) is 0. The van der Waals surface area contributed by atoms with Crippen molar-refractivity contribution < 1.29 is 9.53 Å². The normalized spacial score (nSPS) is 23.2. The minimum Gasteiger partial charge on any atom is -0.381 e. The lowest BCUT2D eigenvalue weighted by Gasteiger charge is -1.88. The molecule has 0 N–H and O–H groups in total. The highest BCUT2D eigenvalue weighted by molar-refractivity contribution is 6.40. The predicted octanol–water partition coefficient (Wildman–Crippen LogP) is 1.64. The van der Waals surface area contributed by atoms with E-state index in [9.17, 15) is 4.79 Å². The number of hydrogen-bond acceptors (Lipinski definition) is 2. The van der Waals surface area contributed by atoms with Gasteiger partial charge in [0.15, 0.2) is 0 Å². The average molecular weight is 185 g/mol. The van der Waals surface area contributed by atoms with Crippen molar-refractivity contribution in [3.05, 3.63) is 0 Å². The Balaban J connectivity index is 0.000000236. The molecule has 1 atom stereocenters. The molecule has 10 heavy (non-hydrogen) atoms. The van der Waals surface area contributed by atoms with Crippen molar-refractivity contribution >= 4 is 29.5 Å². The van der Waals surface area contributed by atoms with Crippen LogP contribution in [0.5, 0.6) is 0 Å². The van der Waals surface area contributed by atoms with Crippen LogP contribution in [-0.2, 0) is 9.53 Å². The Labute approximate surface area is 70.4 Å².